The van der Waals surface area contributed by atoms with Gasteiger partial charge in [0.05, 0.1) is 6.61 Å². The first kappa shape index (κ1) is 14.1. The molecule has 0 spiro atoms. The molecular weight excluding hydrogens is 244 g/mol. The zero-order valence-electron chi connectivity index (χ0n) is 11.7. The number of benzene rings is 2. The molecule has 0 unspecified atom stereocenters. The first-order valence-electron chi connectivity index (χ1n) is 6.80. The lowest BCUT2D eigenvalue weighted by Gasteiger charge is -1.98. The summed E-state index contributed by atoms with van der Waals surface area (Å²) in [7, 11) is 0. The monoisotopic (exact) mass is 262 g/mol. The van der Waals surface area contributed by atoms with Crippen molar-refractivity contribution in [2.45, 2.75) is 6.92 Å². The Morgan fingerprint density at radius 1 is 0.950 bits per heavy atom. The van der Waals surface area contributed by atoms with E-state index in [2.05, 4.69) is 24.0 Å². The van der Waals surface area contributed by atoms with Crippen LogP contribution in [0.15, 0.2) is 60.7 Å². The van der Waals surface area contributed by atoms with Crippen molar-refractivity contribution in [3.05, 3.63) is 77.4 Å². The summed E-state index contributed by atoms with van der Waals surface area (Å²) in [6.07, 6.45) is 4.08. The van der Waals surface area contributed by atoms with Crippen LogP contribution in [0.25, 0.3) is 6.08 Å². The summed E-state index contributed by atoms with van der Waals surface area (Å²) in [4.78, 5) is 0. The van der Waals surface area contributed by atoms with Crippen molar-refractivity contribution in [3.8, 4) is 11.8 Å². The van der Waals surface area contributed by atoms with Crippen molar-refractivity contribution in [1.29, 1.82) is 0 Å². The molecule has 1 nitrogen and oxygen atoms in total. The Hall–Kier alpha value is -2.30. The van der Waals surface area contributed by atoms with Gasteiger partial charge >= 0.3 is 0 Å². The lowest BCUT2D eigenvalue weighted by molar-refractivity contribution is 0.178. The van der Waals surface area contributed by atoms with Crippen LogP contribution in [0, 0.1) is 11.8 Å². The van der Waals surface area contributed by atoms with Crippen molar-refractivity contribution in [1.82, 2.24) is 0 Å². The minimum absolute atomic E-state index is 0.636. The van der Waals surface area contributed by atoms with Crippen LogP contribution >= 0.6 is 0 Å². The SMILES string of the molecule is CCOC/C=C/c1ccccc1C#Cc1ccccc1. The molecule has 0 saturated heterocycles. The van der Waals surface area contributed by atoms with Crippen LogP contribution in [0.5, 0.6) is 0 Å². The second kappa shape index (κ2) is 7.99. The molecule has 1 heteroatoms. The molecule has 0 aliphatic heterocycles. The summed E-state index contributed by atoms with van der Waals surface area (Å²) in [6, 6.07) is 18.2. The first-order chi connectivity index (χ1) is 9.90. The normalized spacial score (nSPS) is 10.2. The predicted octanol–water partition coefficient (Wildman–Crippen LogP) is 4.14. The van der Waals surface area contributed by atoms with Gasteiger partial charge in [0.15, 0.2) is 0 Å². The van der Waals surface area contributed by atoms with Gasteiger partial charge in [-0.2, -0.15) is 0 Å². The molecule has 0 fully saturated rings. The number of ether oxygens (including phenoxy) is 1. The molecule has 100 valence electrons. The zero-order chi connectivity index (χ0) is 14.0. The van der Waals surface area contributed by atoms with Crippen LogP contribution in [0.4, 0.5) is 0 Å². The van der Waals surface area contributed by atoms with Crippen LogP contribution in [0.1, 0.15) is 23.6 Å². The number of rotatable bonds is 4. The summed E-state index contributed by atoms with van der Waals surface area (Å²) in [5.41, 5.74) is 3.18. The molecule has 0 aromatic heterocycles. The van der Waals surface area contributed by atoms with E-state index in [0.717, 1.165) is 23.3 Å². The smallest absolute Gasteiger partial charge is 0.0650 e. The fraction of sp³-hybridized carbons (Fsp3) is 0.158. The second-order valence-corrected chi connectivity index (χ2v) is 4.27. The van der Waals surface area contributed by atoms with Crippen LogP contribution in [0.2, 0.25) is 0 Å². The van der Waals surface area contributed by atoms with E-state index in [1.165, 1.54) is 0 Å². The lowest BCUT2D eigenvalue weighted by Crippen LogP contribution is -1.88. The minimum Gasteiger partial charge on any atom is -0.378 e. The van der Waals surface area contributed by atoms with Crippen molar-refractivity contribution in [2.75, 3.05) is 13.2 Å². The Balaban J connectivity index is 2.16. The molecule has 0 radical (unpaired) electrons. The summed E-state index contributed by atoms with van der Waals surface area (Å²) in [5, 5.41) is 0. The molecule has 2 aromatic rings. The van der Waals surface area contributed by atoms with E-state index in [9.17, 15) is 0 Å². The molecule has 0 aliphatic carbocycles. The van der Waals surface area contributed by atoms with E-state index < -0.39 is 0 Å². The summed E-state index contributed by atoms with van der Waals surface area (Å²) >= 11 is 0. The standard InChI is InChI=1S/C19H18O/c1-2-20-16-8-13-18-11-6-7-12-19(18)15-14-17-9-4-3-5-10-17/h3-13H,2,16H2,1H3/b13-8+. The van der Waals surface area contributed by atoms with E-state index in [1.54, 1.807) is 0 Å². The quantitative estimate of drug-likeness (QED) is 0.594. The Labute approximate surface area is 120 Å². The van der Waals surface area contributed by atoms with Gasteiger partial charge < -0.3 is 4.74 Å². The van der Waals surface area contributed by atoms with Gasteiger partial charge in [-0.15, -0.1) is 0 Å². The van der Waals surface area contributed by atoms with E-state index >= 15 is 0 Å². The predicted molar refractivity (Wildman–Crippen MR) is 84.4 cm³/mol. The van der Waals surface area contributed by atoms with Crippen molar-refractivity contribution < 1.29 is 4.74 Å². The Kier molecular flexibility index (Phi) is 5.64. The van der Waals surface area contributed by atoms with Crippen molar-refractivity contribution >= 4 is 6.08 Å². The largest absolute Gasteiger partial charge is 0.378 e. The number of hydrogen-bond acceptors (Lipinski definition) is 1. The number of hydrogen-bond donors (Lipinski definition) is 0. The molecule has 0 amide bonds. The maximum absolute atomic E-state index is 5.30. The van der Waals surface area contributed by atoms with Gasteiger partial charge in [-0.05, 0) is 30.7 Å². The molecular formula is C19H18O. The second-order valence-electron chi connectivity index (χ2n) is 4.27. The van der Waals surface area contributed by atoms with Gasteiger partial charge in [-0.25, -0.2) is 0 Å². The molecule has 0 saturated carbocycles. The maximum atomic E-state index is 5.30. The maximum Gasteiger partial charge on any atom is 0.0650 e. The average Bonchev–Trinajstić information content (AvgIpc) is 2.51. The molecule has 2 rings (SSSR count). The molecule has 0 heterocycles. The lowest BCUT2D eigenvalue weighted by atomic mass is 10.1. The summed E-state index contributed by atoms with van der Waals surface area (Å²) in [6.45, 7) is 3.36. The van der Waals surface area contributed by atoms with Gasteiger partial charge in [0.2, 0.25) is 0 Å². The third-order valence-corrected chi connectivity index (χ3v) is 2.79. The van der Waals surface area contributed by atoms with Crippen LogP contribution in [0.3, 0.4) is 0 Å². The van der Waals surface area contributed by atoms with Crippen LogP contribution in [-0.2, 0) is 4.74 Å². The summed E-state index contributed by atoms with van der Waals surface area (Å²) < 4.78 is 5.30. The fourth-order valence-electron chi connectivity index (χ4n) is 1.78. The van der Waals surface area contributed by atoms with Crippen molar-refractivity contribution in [3.63, 3.8) is 0 Å². The molecule has 0 bridgehead atoms. The summed E-state index contributed by atoms with van der Waals surface area (Å²) in [5.74, 6) is 6.42. The average molecular weight is 262 g/mol. The highest BCUT2D eigenvalue weighted by Crippen LogP contribution is 2.10. The van der Waals surface area contributed by atoms with E-state index in [1.807, 2.05) is 61.5 Å². The van der Waals surface area contributed by atoms with Crippen molar-refractivity contribution in [2.24, 2.45) is 0 Å². The zero-order valence-corrected chi connectivity index (χ0v) is 11.7. The fourth-order valence-corrected chi connectivity index (χ4v) is 1.78. The Bertz CT molecular complexity index is 615. The molecule has 2 aromatic carbocycles. The third-order valence-electron chi connectivity index (χ3n) is 2.79. The van der Waals surface area contributed by atoms with E-state index in [-0.39, 0.29) is 0 Å². The van der Waals surface area contributed by atoms with Gasteiger partial charge in [0.1, 0.15) is 0 Å². The van der Waals surface area contributed by atoms with Gasteiger partial charge in [0, 0.05) is 17.7 Å². The highest BCUT2D eigenvalue weighted by atomic mass is 16.5. The molecule has 0 N–H and O–H groups in total. The van der Waals surface area contributed by atoms with Gasteiger partial charge in [-0.3, -0.25) is 0 Å². The molecule has 0 atom stereocenters. The van der Waals surface area contributed by atoms with E-state index in [0.29, 0.717) is 6.61 Å². The van der Waals surface area contributed by atoms with E-state index in [4.69, 9.17) is 4.74 Å². The molecule has 20 heavy (non-hydrogen) atoms. The van der Waals surface area contributed by atoms with Gasteiger partial charge in [-0.1, -0.05) is 60.4 Å². The Morgan fingerprint density at radius 3 is 2.50 bits per heavy atom. The van der Waals surface area contributed by atoms with Crippen LogP contribution in [-0.4, -0.2) is 13.2 Å². The highest BCUT2D eigenvalue weighted by Gasteiger charge is 1.94. The minimum atomic E-state index is 0.636. The van der Waals surface area contributed by atoms with Gasteiger partial charge in [0.25, 0.3) is 0 Å². The van der Waals surface area contributed by atoms with Crippen LogP contribution < -0.4 is 0 Å². The highest BCUT2D eigenvalue weighted by molar-refractivity contribution is 5.60. The topological polar surface area (TPSA) is 9.23 Å². The molecule has 0 aliphatic rings. The Morgan fingerprint density at radius 2 is 1.70 bits per heavy atom. The third kappa shape index (κ3) is 4.42. The first-order valence-corrected chi connectivity index (χ1v) is 6.80.